The summed E-state index contributed by atoms with van der Waals surface area (Å²) in [6.07, 6.45) is 1.42. The third kappa shape index (κ3) is 4.00. The normalized spacial score (nSPS) is 10.3. The van der Waals surface area contributed by atoms with Crippen molar-refractivity contribution in [3.8, 4) is 22.9 Å². The van der Waals surface area contributed by atoms with Gasteiger partial charge in [-0.2, -0.15) is 9.90 Å². The van der Waals surface area contributed by atoms with Gasteiger partial charge in [0.15, 0.2) is 17.2 Å². The maximum absolute atomic E-state index is 12.4. The van der Waals surface area contributed by atoms with Crippen molar-refractivity contribution < 1.29 is 19.0 Å². The van der Waals surface area contributed by atoms with E-state index in [1.807, 2.05) is 30.3 Å². The first-order valence-corrected chi connectivity index (χ1v) is 8.21. The number of methoxy groups -OCH3 is 3. The van der Waals surface area contributed by atoms with Crippen LogP contribution < -0.4 is 19.5 Å². The number of nitrogens with zero attached hydrogens (tertiary/aromatic N) is 3. The zero-order valence-electron chi connectivity index (χ0n) is 15.3. The van der Waals surface area contributed by atoms with Gasteiger partial charge >= 0.3 is 0 Å². The quantitative estimate of drug-likeness (QED) is 0.688. The molecule has 8 heteroatoms. The fraction of sp³-hybridized carbons (Fsp3) is 0.211. The number of hydrogen-bond acceptors (Lipinski definition) is 6. The van der Waals surface area contributed by atoms with E-state index in [-0.39, 0.29) is 18.1 Å². The van der Waals surface area contributed by atoms with Gasteiger partial charge in [0, 0.05) is 18.2 Å². The topological polar surface area (TPSA) is 87.5 Å². The molecule has 0 unspecified atom stereocenters. The standard InChI is InChI=1S/C19H20N4O4/c1-25-16-10-18(27-3)17(26-2)9-13(16)11-20-19(24)15-12-21-23(22-15)14-7-5-4-6-8-14/h4-10,12H,11H2,1-3H3,(H,20,24). The van der Waals surface area contributed by atoms with Gasteiger partial charge in [0.1, 0.15) is 5.75 Å². The third-order valence-corrected chi connectivity index (χ3v) is 3.94. The predicted octanol–water partition coefficient (Wildman–Crippen LogP) is 2.22. The molecule has 1 N–H and O–H groups in total. The van der Waals surface area contributed by atoms with Crippen molar-refractivity contribution in [1.29, 1.82) is 0 Å². The van der Waals surface area contributed by atoms with Gasteiger partial charge in [-0.05, 0) is 18.2 Å². The zero-order valence-corrected chi connectivity index (χ0v) is 15.3. The number of carbonyl (C=O) groups is 1. The number of carbonyl (C=O) groups excluding carboxylic acids is 1. The second-order valence-corrected chi connectivity index (χ2v) is 5.56. The molecular formula is C19H20N4O4. The van der Waals surface area contributed by atoms with E-state index in [0.29, 0.717) is 17.2 Å². The molecule has 140 valence electrons. The fourth-order valence-electron chi connectivity index (χ4n) is 2.55. The summed E-state index contributed by atoms with van der Waals surface area (Å²) in [5.74, 6) is 1.35. The number of amides is 1. The van der Waals surface area contributed by atoms with E-state index in [9.17, 15) is 4.79 Å². The van der Waals surface area contributed by atoms with Crippen molar-refractivity contribution in [2.24, 2.45) is 0 Å². The minimum Gasteiger partial charge on any atom is -0.496 e. The van der Waals surface area contributed by atoms with Crippen LogP contribution in [0.3, 0.4) is 0 Å². The number of hydrogen-bond donors (Lipinski definition) is 1. The first-order valence-electron chi connectivity index (χ1n) is 8.21. The summed E-state index contributed by atoms with van der Waals surface area (Å²) in [6, 6.07) is 12.8. The molecule has 27 heavy (non-hydrogen) atoms. The van der Waals surface area contributed by atoms with Crippen LogP contribution in [0, 0.1) is 0 Å². The molecule has 0 atom stereocenters. The molecule has 0 spiro atoms. The summed E-state index contributed by atoms with van der Waals surface area (Å²) in [4.78, 5) is 13.8. The molecule has 0 radical (unpaired) electrons. The second kappa shape index (κ2) is 8.22. The van der Waals surface area contributed by atoms with Gasteiger partial charge in [0.05, 0.1) is 33.2 Å². The average molecular weight is 368 g/mol. The summed E-state index contributed by atoms with van der Waals surface area (Å²) in [6.45, 7) is 0.237. The average Bonchev–Trinajstić information content (AvgIpc) is 3.22. The van der Waals surface area contributed by atoms with Crippen LogP contribution in [0.15, 0.2) is 48.7 Å². The monoisotopic (exact) mass is 368 g/mol. The molecule has 8 nitrogen and oxygen atoms in total. The molecule has 0 aliphatic heterocycles. The van der Waals surface area contributed by atoms with Crippen LogP contribution >= 0.6 is 0 Å². The van der Waals surface area contributed by atoms with E-state index in [4.69, 9.17) is 14.2 Å². The molecule has 0 aliphatic carbocycles. The molecule has 0 saturated heterocycles. The van der Waals surface area contributed by atoms with Crippen LogP contribution in [0.1, 0.15) is 16.1 Å². The van der Waals surface area contributed by atoms with Crippen LogP contribution in [0.2, 0.25) is 0 Å². The van der Waals surface area contributed by atoms with Gasteiger partial charge in [0.2, 0.25) is 0 Å². The van der Waals surface area contributed by atoms with Crippen molar-refractivity contribution in [3.63, 3.8) is 0 Å². The highest BCUT2D eigenvalue weighted by atomic mass is 16.5. The van der Waals surface area contributed by atoms with Crippen molar-refractivity contribution >= 4 is 5.91 Å². The highest BCUT2D eigenvalue weighted by Crippen LogP contribution is 2.34. The molecule has 3 aromatic rings. The number of rotatable bonds is 7. The Morgan fingerprint density at radius 3 is 2.33 bits per heavy atom. The van der Waals surface area contributed by atoms with Crippen molar-refractivity contribution in [1.82, 2.24) is 20.3 Å². The molecule has 0 saturated carbocycles. The Morgan fingerprint density at radius 2 is 1.67 bits per heavy atom. The Balaban J connectivity index is 1.73. The molecular weight excluding hydrogens is 348 g/mol. The van der Waals surface area contributed by atoms with Crippen LogP contribution in [0.5, 0.6) is 17.2 Å². The number of aromatic nitrogens is 3. The first-order chi connectivity index (χ1) is 13.2. The van der Waals surface area contributed by atoms with E-state index in [2.05, 4.69) is 15.5 Å². The second-order valence-electron chi connectivity index (χ2n) is 5.56. The largest absolute Gasteiger partial charge is 0.496 e. The van der Waals surface area contributed by atoms with Gasteiger partial charge in [-0.25, -0.2) is 0 Å². The SMILES string of the molecule is COc1cc(OC)c(OC)cc1CNC(=O)c1cnn(-c2ccccc2)n1. The first kappa shape index (κ1) is 18.2. The Kier molecular flexibility index (Phi) is 5.55. The van der Waals surface area contributed by atoms with E-state index in [0.717, 1.165) is 11.3 Å². The van der Waals surface area contributed by atoms with Gasteiger partial charge < -0.3 is 19.5 Å². The van der Waals surface area contributed by atoms with Crippen LogP contribution in [0.4, 0.5) is 0 Å². The van der Waals surface area contributed by atoms with E-state index in [1.165, 1.54) is 11.0 Å². The molecule has 0 fully saturated rings. The number of para-hydroxylation sites is 1. The minimum atomic E-state index is -0.339. The molecule has 0 aliphatic rings. The van der Waals surface area contributed by atoms with Crippen LogP contribution in [-0.4, -0.2) is 42.2 Å². The molecule has 1 heterocycles. The van der Waals surface area contributed by atoms with E-state index >= 15 is 0 Å². The molecule has 1 aromatic heterocycles. The summed E-state index contributed by atoms with van der Waals surface area (Å²) < 4.78 is 15.9. The molecule has 1 amide bonds. The Hall–Kier alpha value is -3.55. The fourth-order valence-corrected chi connectivity index (χ4v) is 2.55. The number of nitrogens with one attached hydrogen (secondary N) is 1. The Morgan fingerprint density at radius 1 is 1.00 bits per heavy atom. The van der Waals surface area contributed by atoms with E-state index < -0.39 is 0 Å². The lowest BCUT2D eigenvalue weighted by atomic mass is 10.1. The maximum Gasteiger partial charge on any atom is 0.273 e. The summed E-state index contributed by atoms with van der Waals surface area (Å²) in [7, 11) is 4.65. The third-order valence-electron chi connectivity index (χ3n) is 3.94. The van der Waals surface area contributed by atoms with Gasteiger partial charge in [0.25, 0.3) is 5.91 Å². The highest BCUT2D eigenvalue weighted by Gasteiger charge is 2.15. The van der Waals surface area contributed by atoms with Crippen LogP contribution in [-0.2, 0) is 6.54 Å². The van der Waals surface area contributed by atoms with Crippen molar-refractivity contribution in [2.75, 3.05) is 21.3 Å². The molecule has 3 rings (SSSR count). The summed E-state index contributed by atoms with van der Waals surface area (Å²) in [5.41, 5.74) is 1.75. The van der Waals surface area contributed by atoms with Crippen LogP contribution in [0.25, 0.3) is 5.69 Å². The van der Waals surface area contributed by atoms with E-state index in [1.54, 1.807) is 33.5 Å². The van der Waals surface area contributed by atoms with Gasteiger partial charge in [-0.1, -0.05) is 18.2 Å². The Bertz CT molecular complexity index is 925. The minimum absolute atomic E-state index is 0.221. The summed E-state index contributed by atoms with van der Waals surface area (Å²) >= 11 is 0. The Labute approximate surface area is 156 Å². The number of ether oxygens (including phenoxy) is 3. The smallest absolute Gasteiger partial charge is 0.273 e. The lowest BCUT2D eigenvalue weighted by Crippen LogP contribution is -2.23. The van der Waals surface area contributed by atoms with Gasteiger partial charge in [-0.15, -0.1) is 5.10 Å². The maximum atomic E-state index is 12.4. The zero-order chi connectivity index (χ0) is 19.2. The van der Waals surface area contributed by atoms with Crippen molar-refractivity contribution in [2.45, 2.75) is 6.54 Å². The highest BCUT2D eigenvalue weighted by molar-refractivity contribution is 5.91. The molecule has 2 aromatic carbocycles. The van der Waals surface area contributed by atoms with Gasteiger partial charge in [-0.3, -0.25) is 4.79 Å². The lowest BCUT2D eigenvalue weighted by molar-refractivity contribution is 0.0945. The number of benzene rings is 2. The van der Waals surface area contributed by atoms with Crippen molar-refractivity contribution in [3.05, 3.63) is 59.9 Å². The predicted molar refractivity (Wildman–Crippen MR) is 98.6 cm³/mol. The summed E-state index contributed by atoms with van der Waals surface area (Å²) in [5, 5.41) is 11.2. The molecule has 0 bridgehead atoms. The lowest BCUT2D eigenvalue weighted by Gasteiger charge is -2.14.